The normalized spacial score (nSPS) is 13.6. The molecule has 8 heteroatoms. The molecule has 0 fully saturated rings. The molecule has 3 aromatic rings. The highest BCUT2D eigenvalue weighted by molar-refractivity contribution is 6.46. The Morgan fingerprint density at radius 3 is 2.25 bits per heavy atom. The molecule has 1 heterocycles. The molecule has 0 saturated carbocycles. The van der Waals surface area contributed by atoms with Crippen LogP contribution in [0.2, 0.25) is 0 Å². The molecule has 2 amide bonds. The third kappa shape index (κ3) is 3.66. The molecule has 162 valence electrons. The van der Waals surface area contributed by atoms with Gasteiger partial charge in [0, 0.05) is 6.07 Å². The van der Waals surface area contributed by atoms with E-state index in [2.05, 4.69) is 5.32 Å². The van der Waals surface area contributed by atoms with Crippen molar-refractivity contribution in [3.8, 4) is 11.5 Å². The number of methoxy groups -OCH3 is 2. The van der Waals surface area contributed by atoms with Crippen molar-refractivity contribution in [2.45, 2.75) is 0 Å². The molecular weight excluding hydrogens is 418 g/mol. The fourth-order valence-electron chi connectivity index (χ4n) is 3.43. The summed E-state index contributed by atoms with van der Waals surface area (Å²) in [6, 6.07) is 15.9. The van der Waals surface area contributed by atoms with Gasteiger partial charge in [-0.15, -0.1) is 0 Å². The molecule has 0 saturated heterocycles. The zero-order valence-electron chi connectivity index (χ0n) is 17.2. The molecule has 1 aliphatic heterocycles. The Balaban J connectivity index is 1.86. The average molecular weight is 436 g/mol. The van der Waals surface area contributed by atoms with Crippen LogP contribution >= 0.6 is 0 Å². The van der Waals surface area contributed by atoms with Crippen molar-refractivity contribution in [3.05, 3.63) is 89.6 Å². The lowest BCUT2D eigenvalue weighted by molar-refractivity contribution is -0.120. The smallest absolute Gasteiger partial charge is 0.282 e. The number of nitrogens with one attached hydrogen (secondary N) is 1. The molecule has 0 bridgehead atoms. The van der Waals surface area contributed by atoms with Crippen molar-refractivity contribution in [1.29, 1.82) is 0 Å². The monoisotopic (exact) mass is 436 g/mol. The summed E-state index contributed by atoms with van der Waals surface area (Å²) < 4.78 is 38.8. The van der Waals surface area contributed by atoms with Crippen molar-refractivity contribution >= 4 is 28.8 Å². The number of rotatable bonds is 6. The summed E-state index contributed by atoms with van der Waals surface area (Å²) in [4.78, 5) is 27.3. The second-order valence-electron chi connectivity index (χ2n) is 6.85. The Morgan fingerprint density at radius 2 is 1.56 bits per heavy atom. The van der Waals surface area contributed by atoms with Crippen LogP contribution in [0.3, 0.4) is 0 Å². The van der Waals surface area contributed by atoms with E-state index >= 15 is 0 Å². The minimum atomic E-state index is -0.902. The van der Waals surface area contributed by atoms with Gasteiger partial charge in [0.05, 0.1) is 31.2 Å². The fourth-order valence-corrected chi connectivity index (χ4v) is 3.43. The fraction of sp³-hybridized carbons (Fsp3) is 0.0833. The van der Waals surface area contributed by atoms with Gasteiger partial charge in [-0.1, -0.05) is 24.3 Å². The van der Waals surface area contributed by atoms with Crippen LogP contribution in [0, 0.1) is 11.6 Å². The second kappa shape index (κ2) is 8.50. The Bertz CT molecular complexity index is 1240. The Labute approximate surface area is 182 Å². The summed E-state index contributed by atoms with van der Waals surface area (Å²) in [5, 5.41) is 2.95. The highest BCUT2D eigenvalue weighted by atomic mass is 19.1. The SMILES string of the molecule is COc1ccc(C2=C(Nc3ccccc3OC)C(=O)N(c3cc(F)ccc3F)C2=O)cc1. The van der Waals surface area contributed by atoms with Crippen LogP contribution in [0.4, 0.5) is 20.2 Å². The van der Waals surface area contributed by atoms with E-state index in [0.29, 0.717) is 27.6 Å². The third-order valence-corrected chi connectivity index (χ3v) is 4.98. The molecule has 0 aromatic heterocycles. The maximum absolute atomic E-state index is 14.5. The van der Waals surface area contributed by atoms with Crippen molar-refractivity contribution in [1.82, 2.24) is 0 Å². The van der Waals surface area contributed by atoms with E-state index in [4.69, 9.17) is 9.47 Å². The van der Waals surface area contributed by atoms with Gasteiger partial charge in [0.2, 0.25) is 0 Å². The molecule has 4 rings (SSSR count). The lowest BCUT2D eigenvalue weighted by Gasteiger charge is -2.16. The number of anilines is 2. The van der Waals surface area contributed by atoms with Crippen LogP contribution in [0.15, 0.2) is 72.4 Å². The molecular formula is C24H18F2N2O4. The maximum atomic E-state index is 14.5. The first-order chi connectivity index (χ1) is 15.4. The van der Waals surface area contributed by atoms with Crippen LogP contribution < -0.4 is 19.7 Å². The molecule has 0 atom stereocenters. The van der Waals surface area contributed by atoms with E-state index in [1.807, 2.05) is 0 Å². The van der Waals surface area contributed by atoms with Gasteiger partial charge in [-0.05, 0) is 42.0 Å². The van der Waals surface area contributed by atoms with Crippen LogP contribution in [-0.2, 0) is 9.59 Å². The molecule has 3 aromatic carbocycles. The summed E-state index contributed by atoms with van der Waals surface area (Å²) >= 11 is 0. The van der Waals surface area contributed by atoms with E-state index in [9.17, 15) is 18.4 Å². The first-order valence-electron chi connectivity index (χ1n) is 9.57. The van der Waals surface area contributed by atoms with Crippen LogP contribution in [0.1, 0.15) is 5.56 Å². The van der Waals surface area contributed by atoms with Gasteiger partial charge in [-0.3, -0.25) is 9.59 Å². The first kappa shape index (κ1) is 21.0. The number of nitrogens with zero attached hydrogens (tertiary/aromatic N) is 1. The number of amides is 2. The lowest BCUT2D eigenvalue weighted by atomic mass is 10.0. The van der Waals surface area contributed by atoms with E-state index in [1.54, 1.807) is 48.5 Å². The predicted octanol–water partition coefficient (Wildman–Crippen LogP) is 4.38. The first-order valence-corrected chi connectivity index (χ1v) is 9.57. The summed E-state index contributed by atoms with van der Waals surface area (Å²) in [6.45, 7) is 0. The molecule has 6 nitrogen and oxygen atoms in total. The zero-order chi connectivity index (χ0) is 22.8. The minimum Gasteiger partial charge on any atom is -0.497 e. The second-order valence-corrected chi connectivity index (χ2v) is 6.85. The number of carbonyl (C=O) groups is 2. The molecule has 0 unspecified atom stereocenters. The summed E-state index contributed by atoms with van der Waals surface area (Å²) in [5.74, 6) is -2.30. The van der Waals surface area contributed by atoms with E-state index < -0.39 is 29.1 Å². The Morgan fingerprint density at radius 1 is 0.844 bits per heavy atom. The number of imide groups is 1. The van der Waals surface area contributed by atoms with Crippen LogP contribution in [0.25, 0.3) is 5.57 Å². The van der Waals surface area contributed by atoms with Crippen molar-refractivity contribution in [2.24, 2.45) is 0 Å². The van der Waals surface area contributed by atoms with Crippen molar-refractivity contribution in [2.75, 3.05) is 24.4 Å². The average Bonchev–Trinajstić information content (AvgIpc) is 3.05. The summed E-state index contributed by atoms with van der Waals surface area (Å²) in [6.07, 6.45) is 0. The quantitative estimate of drug-likeness (QED) is 0.581. The molecule has 0 aliphatic carbocycles. The van der Waals surface area contributed by atoms with E-state index in [1.165, 1.54) is 14.2 Å². The highest BCUT2D eigenvalue weighted by Crippen LogP contribution is 2.37. The lowest BCUT2D eigenvalue weighted by Crippen LogP contribution is -2.33. The number of halogens is 2. The molecule has 0 spiro atoms. The molecule has 0 radical (unpaired) electrons. The van der Waals surface area contributed by atoms with E-state index in [-0.39, 0.29) is 11.3 Å². The van der Waals surface area contributed by atoms with Gasteiger partial charge >= 0.3 is 0 Å². The van der Waals surface area contributed by atoms with Gasteiger partial charge in [0.1, 0.15) is 28.8 Å². The number of carbonyl (C=O) groups excluding carboxylic acids is 2. The number of hydrogen-bond acceptors (Lipinski definition) is 5. The van der Waals surface area contributed by atoms with Crippen molar-refractivity contribution < 1.29 is 27.8 Å². The zero-order valence-corrected chi connectivity index (χ0v) is 17.2. The van der Waals surface area contributed by atoms with Crippen LogP contribution in [0.5, 0.6) is 11.5 Å². The topological polar surface area (TPSA) is 67.9 Å². The van der Waals surface area contributed by atoms with Gasteiger partial charge < -0.3 is 14.8 Å². The van der Waals surface area contributed by atoms with Gasteiger partial charge in [-0.2, -0.15) is 0 Å². The highest BCUT2D eigenvalue weighted by Gasteiger charge is 2.41. The van der Waals surface area contributed by atoms with Crippen molar-refractivity contribution in [3.63, 3.8) is 0 Å². The number of benzene rings is 3. The van der Waals surface area contributed by atoms with Gasteiger partial charge in [0.25, 0.3) is 11.8 Å². The number of para-hydroxylation sites is 2. The van der Waals surface area contributed by atoms with Crippen LogP contribution in [-0.4, -0.2) is 26.0 Å². The number of ether oxygens (including phenoxy) is 2. The Kier molecular flexibility index (Phi) is 5.59. The van der Waals surface area contributed by atoms with Gasteiger partial charge in [0.15, 0.2) is 0 Å². The van der Waals surface area contributed by atoms with E-state index in [0.717, 1.165) is 18.2 Å². The Hall–Kier alpha value is -4.20. The molecule has 32 heavy (non-hydrogen) atoms. The molecule has 1 N–H and O–H groups in total. The third-order valence-electron chi connectivity index (χ3n) is 4.98. The predicted molar refractivity (Wildman–Crippen MR) is 115 cm³/mol. The molecule has 1 aliphatic rings. The standard InChI is InChI=1S/C24H18F2N2O4/c1-31-16-10-7-14(8-11-16)21-22(27-18-5-3-4-6-20(18)32-2)24(30)28(23(21)29)19-13-15(25)9-12-17(19)26/h3-13,27H,1-2H3. The summed E-state index contributed by atoms with van der Waals surface area (Å²) in [5.41, 5.74) is 0.281. The maximum Gasteiger partial charge on any atom is 0.282 e. The van der Waals surface area contributed by atoms with Gasteiger partial charge in [-0.25, -0.2) is 13.7 Å². The minimum absolute atomic E-state index is 0.00669. The summed E-state index contributed by atoms with van der Waals surface area (Å²) in [7, 11) is 2.97. The largest absolute Gasteiger partial charge is 0.497 e. The number of hydrogen-bond donors (Lipinski definition) is 1.